The van der Waals surface area contributed by atoms with Crippen LogP contribution in [0.3, 0.4) is 0 Å². The van der Waals surface area contributed by atoms with Gasteiger partial charge in [0.2, 0.25) is 0 Å². The van der Waals surface area contributed by atoms with E-state index in [1.807, 2.05) is 334 Å². The van der Waals surface area contributed by atoms with Crippen molar-refractivity contribution in [3.8, 4) is 0 Å². The molecule has 0 saturated carbocycles. The maximum absolute atomic E-state index is 17.0. The van der Waals surface area contributed by atoms with Crippen molar-refractivity contribution >= 4 is 190 Å². The van der Waals surface area contributed by atoms with Gasteiger partial charge in [0.05, 0.1) is 117 Å². The van der Waals surface area contributed by atoms with E-state index >= 15 is 33.6 Å². The zero-order chi connectivity index (χ0) is 95.2. The van der Waals surface area contributed by atoms with Gasteiger partial charge in [-0.05, 0) is 185 Å². The molecule has 6 aromatic heterocycles. The van der Waals surface area contributed by atoms with Crippen molar-refractivity contribution in [2.75, 3.05) is 5.06 Å². The van der Waals surface area contributed by atoms with E-state index in [0.717, 1.165) is 75.8 Å². The molecule has 0 fully saturated rings. The fourth-order valence-electron chi connectivity index (χ4n) is 21.4. The summed E-state index contributed by atoms with van der Waals surface area (Å²) in [6, 6.07) is 109. The quantitative estimate of drug-likeness (QED) is 0.0868. The van der Waals surface area contributed by atoms with Crippen molar-refractivity contribution in [1.82, 2.24) is 28.4 Å². The Morgan fingerprint density at radius 1 is 0.232 bits per heavy atom. The number of carbonyl (C=O) groups excluding carboxylic acids is 8. The molecule has 680 valence electrons. The van der Waals surface area contributed by atoms with Crippen molar-refractivity contribution in [3.05, 3.63) is 477 Å². The average Bonchev–Trinajstić information content (AvgIpc) is 1.52. The molecule has 0 spiro atoms. The lowest BCUT2D eigenvalue weighted by atomic mass is 9.84. The predicted molar refractivity (Wildman–Crippen MR) is 544 cm³/mol. The Hall–Kier alpha value is -19.2. The molecule has 7 heterocycles. The summed E-state index contributed by atoms with van der Waals surface area (Å²) in [7, 11) is 0. The fourth-order valence-corrected chi connectivity index (χ4v) is 21.4. The highest BCUT2D eigenvalue weighted by Crippen LogP contribution is 2.46. The first-order chi connectivity index (χ1) is 69.8. The third kappa shape index (κ3) is 13.6. The van der Waals surface area contributed by atoms with Gasteiger partial charge in [0.1, 0.15) is 6.29 Å². The van der Waals surface area contributed by atoms with Gasteiger partial charge in [-0.1, -0.05) is 279 Å². The van der Waals surface area contributed by atoms with Gasteiger partial charge < -0.3 is 33.9 Å². The second kappa shape index (κ2) is 33.4. The molecule has 0 radical (unpaired) electrons. The zero-order valence-electron chi connectivity index (χ0n) is 75.3. The summed E-state index contributed by atoms with van der Waals surface area (Å²) in [6.45, 7) is 0. The molecule has 22 nitrogen and oxygen atoms in total. The topological polar surface area (TPSA) is 234 Å². The molecule has 1 atom stereocenters. The standard InChI is InChI=1S/C120H75N7O15/c128-69-78-65-93(114(129)136-121-100-43-15-1-29-79(100)80-30-2-16-44-101(80)121)71-57-70(78)58-72-60-74(95(116(131)138-123-104-47-19-5-33-83(104)84-34-6-20-48-105(84)123)66-94(72)115(130)137-122-102-45-17-3-31-81(102)82-32-4-18-46-103(82)122)62-76-64-77(99(120(135)142-127-112-55-27-13-41-91(112)92-42-14-28-56-113(92)127)68-98(76)119(134)141-126-110-53-25-11-39-89(110)90-40-12-26-54-111(90)126)63-75-61-73(59-71)96(117(132)139-124-106-49-21-7-35-85(106)86-36-8-22-50-107(86)124)67-97(75)118(133)140-125-108-51-23-9-37-87(108)88-38-10-24-52-109(88)125/h1-51,53-57,60-61,64-69,109H,52,58-59,62-63H2. The van der Waals surface area contributed by atoms with Crippen LogP contribution in [0, 0.1) is 0 Å². The molecule has 1 aliphatic heterocycles. The fraction of sp³-hybridized carbons (Fsp3) is 0.0500. The minimum atomic E-state index is -1.000. The summed E-state index contributed by atoms with van der Waals surface area (Å²) in [5.74, 6) is -6.85. The number of hydroxylamine groups is 1. The number of rotatable bonds is 15. The Morgan fingerprint density at radius 2 is 0.437 bits per heavy atom. The van der Waals surface area contributed by atoms with Crippen molar-refractivity contribution in [2.45, 2.75) is 38.1 Å². The van der Waals surface area contributed by atoms with Gasteiger partial charge in [-0.2, -0.15) is 33.4 Å². The molecular weight excluding hydrogens is 1780 g/mol. The van der Waals surface area contributed by atoms with Crippen LogP contribution in [0.25, 0.3) is 136 Å². The summed E-state index contributed by atoms with van der Waals surface area (Å²) in [5.41, 5.74) is 8.09. The number of allylic oxidation sites excluding steroid dienone is 2. The average molecular weight is 1850 g/mol. The van der Waals surface area contributed by atoms with Crippen molar-refractivity contribution in [2.24, 2.45) is 0 Å². The van der Waals surface area contributed by atoms with Crippen LogP contribution in [0.1, 0.15) is 139 Å². The number of carbonyl (C=O) groups is 8. The van der Waals surface area contributed by atoms with Crippen LogP contribution in [-0.2, 0) is 30.5 Å². The Balaban J connectivity index is 0.755. The zero-order valence-corrected chi connectivity index (χ0v) is 75.3. The smallest absolute Gasteiger partial charge is 0.335 e. The highest BCUT2D eigenvalue weighted by Gasteiger charge is 2.40. The Morgan fingerprint density at radius 3 is 0.683 bits per heavy atom. The molecule has 0 N–H and O–H groups in total. The van der Waals surface area contributed by atoms with Crippen LogP contribution in [0.5, 0.6) is 0 Å². The molecule has 17 aromatic carbocycles. The number of nitrogens with zero attached hydrogens (tertiary/aromatic N) is 7. The van der Waals surface area contributed by atoms with Crippen molar-refractivity contribution in [1.29, 1.82) is 0 Å². The van der Waals surface area contributed by atoms with E-state index < -0.39 is 67.1 Å². The summed E-state index contributed by atoms with van der Waals surface area (Å²) < 4.78 is 8.63. The van der Waals surface area contributed by atoms with E-state index in [4.69, 9.17) is 33.9 Å². The van der Waals surface area contributed by atoms with Crippen LogP contribution in [0.2, 0.25) is 0 Å². The summed E-state index contributed by atoms with van der Waals surface area (Å²) >= 11 is 0. The molecule has 23 aromatic rings. The second-order valence-corrected chi connectivity index (χ2v) is 35.8. The number of benzene rings is 17. The monoisotopic (exact) mass is 1850 g/mol. The van der Waals surface area contributed by atoms with Gasteiger partial charge in [-0.25, -0.2) is 33.6 Å². The first-order valence-electron chi connectivity index (χ1n) is 46.6. The molecular formula is C120H75N7O15. The lowest BCUT2D eigenvalue weighted by Crippen LogP contribution is -2.34. The predicted octanol–water partition coefficient (Wildman–Crippen LogP) is 22.7. The van der Waals surface area contributed by atoms with Gasteiger partial charge in [0.25, 0.3) is 0 Å². The first kappa shape index (κ1) is 83.4. The number of fused-ring (bicyclic) bond motifs is 29. The van der Waals surface area contributed by atoms with Gasteiger partial charge in [0.15, 0.2) is 0 Å². The molecule has 1 unspecified atom stereocenters. The number of para-hydroxylation sites is 13. The maximum atomic E-state index is 17.0. The second-order valence-electron chi connectivity index (χ2n) is 35.8. The van der Waals surface area contributed by atoms with E-state index in [1.54, 1.807) is 29.3 Å². The Bertz CT molecular complexity index is 9250. The Kier molecular flexibility index (Phi) is 19.6. The number of hydrogen-bond donors (Lipinski definition) is 0. The first-order valence-corrected chi connectivity index (χ1v) is 46.6. The van der Waals surface area contributed by atoms with Crippen molar-refractivity contribution in [3.63, 3.8) is 0 Å². The Labute approximate surface area is 805 Å². The largest absolute Gasteiger partial charge is 0.363 e. The maximum Gasteiger partial charge on any atom is 0.363 e. The number of anilines is 1. The number of aromatic nitrogens is 6. The van der Waals surface area contributed by atoms with Crippen LogP contribution in [0.4, 0.5) is 5.69 Å². The van der Waals surface area contributed by atoms with Gasteiger partial charge in [0, 0.05) is 75.8 Å². The highest BCUT2D eigenvalue weighted by molar-refractivity contribution is 6.15. The number of aldehydes is 1. The molecule has 8 bridgehead atoms. The normalized spacial score (nSPS) is 13.4. The van der Waals surface area contributed by atoms with Gasteiger partial charge in [-0.3, -0.25) is 4.79 Å². The minimum absolute atomic E-state index is 0.0556. The van der Waals surface area contributed by atoms with Gasteiger partial charge in [-0.15, -0.1) is 0 Å². The molecule has 142 heavy (non-hydrogen) atoms. The third-order valence-corrected chi connectivity index (χ3v) is 27.8. The van der Waals surface area contributed by atoms with E-state index in [0.29, 0.717) is 84.6 Å². The highest BCUT2D eigenvalue weighted by atomic mass is 16.7. The lowest BCUT2D eigenvalue weighted by Gasteiger charge is -2.27. The van der Waals surface area contributed by atoms with E-state index in [2.05, 4.69) is 0 Å². The SMILES string of the molecule is O=Cc1cc(C(=O)On2c3ccccc3c3ccccc32)c2cc1Cc1cc(c(C(=O)On3c4ccccc4c4ccccc43)cc1C(=O)On1c3ccccc3c3ccccc31)Cc1cc(c(C(=O)On3c4ccccc4c4ccccc43)cc1C(=O)On1c3ccccc3c3ccccc31)Cc1cc(c(C(=O)On3c4ccccc4c4ccccc43)cc1C(=O)ON1c3ccccc3C3=CC=CCC31)C2. The van der Waals surface area contributed by atoms with Crippen LogP contribution in [0.15, 0.2) is 382 Å². The third-order valence-electron chi connectivity index (χ3n) is 27.8. The molecule has 2 aliphatic carbocycles. The van der Waals surface area contributed by atoms with E-state index in [-0.39, 0.29) is 95.4 Å². The summed E-state index contributed by atoms with van der Waals surface area (Å²) in [4.78, 5) is 180. The number of hydrogen-bond acceptors (Lipinski definition) is 16. The van der Waals surface area contributed by atoms with Gasteiger partial charge >= 0.3 is 41.8 Å². The molecule has 0 saturated heterocycles. The van der Waals surface area contributed by atoms with Crippen LogP contribution < -0.4 is 34.1 Å². The minimum Gasteiger partial charge on any atom is -0.335 e. The molecule has 22 heteroatoms. The molecule has 0 amide bonds. The van der Waals surface area contributed by atoms with Crippen LogP contribution in [-0.4, -0.2) is 82.5 Å². The van der Waals surface area contributed by atoms with E-state index in [1.165, 1.54) is 52.6 Å². The van der Waals surface area contributed by atoms with E-state index in [9.17, 15) is 4.79 Å². The lowest BCUT2D eigenvalue weighted by molar-refractivity contribution is 0.0428. The molecule has 26 rings (SSSR count). The molecule has 3 aliphatic rings. The van der Waals surface area contributed by atoms with Crippen LogP contribution >= 0.6 is 0 Å². The summed E-state index contributed by atoms with van der Waals surface area (Å²) in [6.07, 6.45) is 5.24. The summed E-state index contributed by atoms with van der Waals surface area (Å²) in [5, 5.41) is 10.6. The van der Waals surface area contributed by atoms with Crippen molar-refractivity contribution < 1.29 is 72.2 Å².